The Balaban J connectivity index is 3.42. The van der Waals surface area contributed by atoms with Crippen LogP contribution >= 0.6 is 7.37 Å². The molecule has 0 aromatic rings. The number of allylic oxidation sites excluding steroid dienone is 2. The van der Waals surface area contributed by atoms with Crippen LogP contribution in [0.3, 0.4) is 0 Å². The van der Waals surface area contributed by atoms with Gasteiger partial charge in [0.2, 0.25) is 7.37 Å². The van der Waals surface area contributed by atoms with Crippen molar-refractivity contribution in [1.29, 1.82) is 0 Å². The maximum Gasteiger partial charge on any atom is 0.332 e. The summed E-state index contributed by atoms with van der Waals surface area (Å²) in [5.41, 5.74) is -3.48. The zero-order valence-electron chi connectivity index (χ0n) is 11.6. The lowest BCUT2D eigenvalue weighted by Gasteiger charge is -2.37. The van der Waals surface area contributed by atoms with Crippen molar-refractivity contribution in [2.45, 2.75) is 26.4 Å². The fourth-order valence-electron chi connectivity index (χ4n) is 2.50. The molecule has 0 fully saturated rings. The molecule has 0 radical (unpaired) electrons. The first kappa shape index (κ1) is 16.7. The number of carboxylic acids is 2. The van der Waals surface area contributed by atoms with E-state index in [-0.39, 0.29) is 17.7 Å². The van der Waals surface area contributed by atoms with E-state index >= 15 is 0 Å². The molecule has 1 aliphatic carbocycles. The maximum atomic E-state index is 12.6. The Morgan fingerprint density at radius 2 is 1.95 bits per heavy atom. The van der Waals surface area contributed by atoms with Gasteiger partial charge in [-0.3, -0.25) is 9.36 Å². The summed E-state index contributed by atoms with van der Waals surface area (Å²) in [4.78, 5) is 33.0. The third-order valence-corrected chi connectivity index (χ3v) is 6.19. The molecule has 0 amide bonds. The van der Waals surface area contributed by atoms with Crippen molar-refractivity contribution in [2.75, 3.05) is 6.16 Å². The molecule has 3 unspecified atom stereocenters. The van der Waals surface area contributed by atoms with Gasteiger partial charge in [-0.05, 0) is 12.8 Å². The fourth-order valence-corrected chi connectivity index (χ4v) is 5.42. The second kappa shape index (κ2) is 5.54. The lowest BCUT2D eigenvalue weighted by molar-refractivity contribution is -0.145. The lowest BCUT2D eigenvalue weighted by Crippen LogP contribution is -2.43. The van der Waals surface area contributed by atoms with Gasteiger partial charge in [0.05, 0.1) is 16.6 Å². The van der Waals surface area contributed by atoms with E-state index in [9.17, 15) is 29.3 Å². The SMILES string of the molecule is CC(C)CP(=O)(O)C1C(C(=O)O)=CC=CC1(C)C(=O)O. The van der Waals surface area contributed by atoms with Crippen molar-refractivity contribution >= 4 is 19.3 Å². The van der Waals surface area contributed by atoms with Crippen LogP contribution in [0.25, 0.3) is 0 Å². The molecule has 20 heavy (non-hydrogen) atoms. The average Bonchev–Trinajstić information content (AvgIpc) is 2.25. The molecule has 0 bridgehead atoms. The van der Waals surface area contributed by atoms with E-state index in [4.69, 9.17) is 0 Å². The Labute approximate surface area is 117 Å². The topological polar surface area (TPSA) is 112 Å². The predicted molar refractivity (Wildman–Crippen MR) is 73.9 cm³/mol. The standard InChI is InChI=1S/C13H19O6P/c1-8(2)7-20(18,19)10-9(11(14)15)5-4-6-13(10,3)12(16)17/h4-6,8,10H,7H2,1-3H3,(H,14,15)(H,16,17)(H,18,19). The highest BCUT2D eigenvalue weighted by molar-refractivity contribution is 7.59. The molecule has 3 N–H and O–H groups in total. The molecule has 0 saturated heterocycles. The molecule has 0 spiro atoms. The molecular weight excluding hydrogens is 283 g/mol. The van der Waals surface area contributed by atoms with Gasteiger partial charge >= 0.3 is 11.9 Å². The van der Waals surface area contributed by atoms with Gasteiger partial charge in [-0.25, -0.2) is 4.79 Å². The molecule has 112 valence electrons. The molecule has 1 aliphatic rings. The first-order valence-corrected chi connectivity index (χ1v) is 8.11. The van der Waals surface area contributed by atoms with Crippen LogP contribution in [0.4, 0.5) is 0 Å². The number of carboxylic acid groups (broad SMARTS) is 2. The summed E-state index contributed by atoms with van der Waals surface area (Å²) in [6.07, 6.45) is 3.65. The van der Waals surface area contributed by atoms with E-state index < -0.39 is 30.4 Å². The monoisotopic (exact) mass is 302 g/mol. The van der Waals surface area contributed by atoms with Crippen LogP contribution in [0.15, 0.2) is 23.8 Å². The molecule has 3 atom stereocenters. The van der Waals surface area contributed by atoms with Gasteiger partial charge in [0.15, 0.2) is 0 Å². The van der Waals surface area contributed by atoms with Crippen LogP contribution in [0.2, 0.25) is 0 Å². The smallest absolute Gasteiger partial charge is 0.332 e. The van der Waals surface area contributed by atoms with E-state index in [1.54, 1.807) is 13.8 Å². The molecule has 0 aliphatic heterocycles. The van der Waals surface area contributed by atoms with Gasteiger partial charge < -0.3 is 15.1 Å². The van der Waals surface area contributed by atoms with E-state index in [2.05, 4.69) is 0 Å². The van der Waals surface area contributed by atoms with E-state index in [0.29, 0.717) is 0 Å². The Bertz CT molecular complexity index is 533. The van der Waals surface area contributed by atoms with Crippen molar-refractivity contribution in [1.82, 2.24) is 0 Å². The van der Waals surface area contributed by atoms with Gasteiger partial charge in [0, 0.05) is 6.16 Å². The van der Waals surface area contributed by atoms with Crippen LogP contribution in [-0.2, 0) is 14.2 Å². The number of rotatable bonds is 5. The second-order valence-electron chi connectivity index (χ2n) is 5.61. The van der Waals surface area contributed by atoms with Crippen LogP contribution < -0.4 is 0 Å². The van der Waals surface area contributed by atoms with Crippen molar-refractivity contribution in [3.63, 3.8) is 0 Å². The Morgan fingerprint density at radius 1 is 1.40 bits per heavy atom. The summed E-state index contributed by atoms with van der Waals surface area (Å²) in [6.45, 7) is 4.73. The first-order valence-electron chi connectivity index (χ1n) is 6.20. The zero-order valence-corrected chi connectivity index (χ0v) is 12.5. The van der Waals surface area contributed by atoms with Gasteiger partial charge in [0.25, 0.3) is 0 Å². The second-order valence-corrected chi connectivity index (χ2v) is 8.00. The molecule has 7 heteroatoms. The van der Waals surface area contributed by atoms with Crippen LogP contribution in [0, 0.1) is 11.3 Å². The zero-order chi connectivity index (χ0) is 15.7. The van der Waals surface area contributed by atoms with Gasteiger partial charge in [0.1, 0.15) is 0 Å². The third-order valence-electron chi connectivity index (χ3n) is 3.32. The fraction of sp³-hybridized carbons (Fsp3) is 0.538. The van der Waals surface area contributed by atoms with Gasteiger partial charge in [-0.1, -0.05) is 32.1 Å². The van der Waals surface area contributed by atoms with E-state index in [0.717, 1.165) is 0 Å². The average molecular weight is 302 g/mol. The number of aliphatic carboxylic acids is 2. The molecular formula is C13H19O6P. The minimum Gasteiger partial charge on any atom is -0.481 e. The highest BCUT2D eigenvalue weighted by Crippen LogP contribution is 2.58. The van der Waals surface area contributed by atoms with Crippen molar-refractivity contribution in [3.8, 4) is 0 Å². The van der Waals surface area contributed by atoms with Crippen molar-refractivity contribution in [2.24, 2.45) is 11.3 Å². The Hall–Kier alpha value is -1.39. The van der Waals surface area contributed by atoms with Crippen LogP contribution in [0.5, 0.6) is 0 Å². The maximum absolute atomic E-state index is 12.6. The van der Waals surface area contributed by atoms with Crippen molar-refractivity contribution < 1.29 is 29.3 Å². The summed E-state index contributed by atoms with van der Waals surface area (Å²) in [6, 6.07) is 0. The van der Waals surface area contributed by atoms with Crippen LogP contribution in [-0.4, -0.2) is 38.9 Å². The van der Waals surface area contributed by atoms with Gasteiger partial charge in [-0.15, -0.1) is 0 Å². The molecule has 1 rings (SSSR count). The van der Waals surface area contributed by atoms with E-state index in [1.165, 1.54) is 25.2 Å². The van der Waals surface area contributed by atoms with Gasteiger partial charge in [-0.2, -0.15) is 0 Å². The molecule has 0 aromatic heterocycles. The minimum atomic E-state index is -3.99. The largest absolute Gasteiger partial charge is 0.481 e. The Morgan fingerprint density at radius 3 is 2.35 bits per heavy atom. The minimum absolute atomic E-state index is 0.126. The Kier molecular flexibility index (Phi) is 4.62. The molecule has 0 heterocycles. The number of hydrogen-bond acceptors (Lipinski definition) is 3. The first-order chi connectivity index (χ1) is 9.02. The number of carbonyl (C=O) groups is 2. The highest BCUT2D eigenvalue weighted by Gasteiger charge is 2.53. The molecule has 0 aromatic carbocycles. The summed E-state index contributed by atoms with van der Waals surface area (Å²) >= 11 is 0. The number of hydrogen-bond donors (Lipinski definition) is 3. The molecule has 0 saturated carbocycles. The highest BCUT2D eigenvalue weighted by atomic mass is 31.2. The summed E-state index contributed by atoms with van der Waals surface area (Å²) in [5, 5.41) is 18.6. The van der Waals surface area contributed by atoms with Crippen LogP contribution in [0.1, 0.15) is 20.8 Å². The quantitative estimate of drug-likeness (QED) is 0.669. The third kappa shape index (κ3) is 3.02. The lowest BCUT2D eigenvalue weighted by atomic mass is 9.79. The summed E-state index contributed by atoms with van der Waals surface area (Å²) in [5.74, 6) is -2.83. The molecule has 6 nitrogen and oxygen atoms in total. The predicted octanol–water partition coefficient (Wildman–Crippen LogP) is 1.95. The normalized spacial score (nSPS) is 28.9. The van der Waals surface area contributed by atoms with Crippen molar-refractivity contribution in [3.05, 3.63) is 23.8 Å². The summed E-state index contributed by atoms with van der Waals surface area (Å²) in [7, 11) is -3.99. The van der Waals surface area contributed by atoms with E-state index in [1.807, 2.05) is 0 Å². The summed E-state index contributed by atoms with van der Waals surface area (Å²) < 4.78 is 12.6.